The minimum atomic E-state index is 0.365. The molecular weight excluding hydrogens is 298 g/mol. The van der Waals surface area contributed by atoms with Crippen LogP contribution in [0.25, 0.3) is 0 Å². The Hall–Kier alpha value is -1.12. The Morgan fingerprint density at radius 1 is 1.05 bits per heavy atom. The molecule has 1 atom stereocenters. The zero-order chi connectivity index (χ0) is 13.7. The summed E-state index contributed by atoms with van der Waals surface area (Å²) in [5.41, 5.74) is 4.00. The molecule has 1 N–H and O–H groups in total. The van der Waals surface area contributed by atoms with Gasteiger partial charge in [0.2, 0.25) is 0 Å². The molecule has 0 aliphatic carbocycles. The van der Waals surface area contributed by atoms with Gasteiger partial charge in [-0.3, -0.25) is 0 Å². The van der Waals surface area contributed by atoms with Crippen molar-refractivity contribution < 1.29 is 0 Å². The molecular formula is C17H20BrN. The summed E-state index contributed by atoms with van der Waals surface area (Å²) in [6.07, 6.45) is 0.998. The molecule has 2 aromatic rings. The molecule has 2 aromatic carbocycles. The van der Waals surface area contributed by atoms with Crippen molar-refractivity contribution in [2.75, 3.05) is 6.54 Å². The molecule has 0 bridgehead atoms. The second kappa shape index (κ2) is 6.88. The summed E-state index contributed by atoms with van der Waals surface area (Å²) in [6, 6.07) is 17.6. The van der Waals surface area contributed by atoms with Gasteiger partial charge in [-0.2, -0.15) is 0 Å². The van der Waals surface area contributed by atoms with Crippen molar-refractivity contribution in [2.45, 2.75) is 26.3 Å². The molecule has 0 spiro atoms. The van der Waals surface area contributed by atoms with E-state index in [0.717, 1.165) is 13.0 Å². The third kappa shape index (κ3) is 3.92. The topological polar surface area (TPSA) is 12.0 Å². The average Bonchev–Trinajstić information content (AvgIpc) is 2.42. The number of rotatable bonds is 5. The van der Waals surface area contributed by atoms with E-state index in [4.69, 9.17) is 0 Å². The van der Waals surface area contributed by atoms with Crippen LogP contribution in [0.2, 0.25) is 0 Å². The van der Waals surface area contributed by atoms with Crippen LogP contribution in [0.3, 0.4) is 0 Å². The number of nitrogens with one attached hydrogen (secondary N) is 1. The van der Waals surface area contributed by atoms with E-state index in [9.17, 15) is 0 Å². The first-order chi connectivity index (χ1) is 9.20. The summed E-state index contributed by atoms with van der Waals surface area (Å²) >= 11 is 3.63. The Morgan fingerprint density at radius 2 is 1.74 bits per heavy atom. The van der Waals surface area contributed by atoms with Crippen LogP contribution in [0.4, 0.5) is 0 Å². The molecule has 1 nitrogen and oxygen atoms in total. The maximum absolute atomic E-state index is 3.63. The molecule has 0 radical (unpaired) electrons. The van der Waals surface area contributed by atoms with Gasteiger partial charge in [0.25, 0.3) is 0 Å². The van der Waals surface area contributed by atoms with Crippen molar-refractivity contribution in [3.05, 3.63) is 69.7 Å². The first-order valence-electron chi connectivity index (χ1n) is 6.74. The van der Waals surface area contributed by atoms with E-state index in [1.165, 1.54) is 21.2 Å². The van der Waals surface area contributed by atoms with Gasteiger partial charge in [0, 0.05) is 10.5 Å². The molecule has 100 valence electrons. The molecule has 0 aromatic heterocycles. The van der Waals surface area contributed by atoms with E-state index < -0.39 is 0 Å². The smallest absolute Gasteiger partial charge is 0.0361 e. The van der Waals surface area contributed by atoms with Gasteiger partial charge in [-0.05, 0) is 37.1 Å². The fourth-order valence-corrected chi connectivity index (χ4v) is 2.68. The second-order valence-electron chi connectivity index (χ2n) is 4.82. The number of hydrogen-bond acceptors (Lipinski definition) is 1. The number of aryl methyl sites for hydroxylation is 1. The maximum Gasteiger partial charge on any atom is 0.0361 e. The average molecular weight is 318 g/mol. The largest absolute Gasteiger partial charge is 0.310 e. The zero-order valence-electron chi connectivity index (χ0n) is 11.5. The van der Waals surface area contributed by atoms with Crippen LogP contribution in [-0.2, 0) is 6.42 Å². The van der Waals surface area contributed by atoms with Crippen molar-refractivity contribution in [3.8, 4) is 0 Å². The highest BCUT2D eigenvalue weighted by atomic mass is 79.9. The summed E-state index contributed by atoms with van der Waals surface area (Å²) in [5, 5.41) is 3.57. The van der Waals surface area contributed by atoms with Crippen LogP contribution in [0.1, 0.15) is 29.7 Å². The monoisotopic (exact) mass is 317 g/mol. The molecule has 0 fully saturated rings. The number of halogens is 1. The molecule has 0 aliphatic heterocycles. The molecule has 0 amide bonds. The van der Waals surface area contributed by atoms with E-state index in [1.807, 2.05) is 0 Å². The van der Waals surface area contributed by atoms with Crippen molar-refractivity contribution in [3.63, 3.8) is 0 Å². The Morgan fingerprint density at radius 3 is 2.37 bits per heavy atom. The fourth-order valence-electron chi connectivity index (χ4n) is 2.24. The van der Waals surface area contributed by atoms with E-state index in [1.54, 1.807) is 0 Å². The van der Waals surface area contributed by atoms with Crippen molar-refractivity contribution in [1.82, 2.24) is 5.32 Å². The van der Waals surface area contributed by atoms with Crippen LogP contribution >= 0.6 is 15.9 Å². The van der Waals surface area contributed by atoms with E-state index in [0.29, 0.717) is 6.04 Å². The maximum atomic E-state index is 3.63. The first-order valence-corrected chi connectivity index (χ1v) is 7.53. The lowest BCUT2D eigenvalue weighted by Crippen LogP contribution is -2.23. The number of hydrogen-bond donors (Lipinski definition) is 1. The predicted molar refractivity (Wildman–Crippen MR) is 85.4 cm³/mol. The summed E-state index contributed by atoms with van der Waals surface area (Å²) in [6.45, 7) is 5.25. The van der Waals surface area contributed by atoms with Crippen LogP contribution in [0, 0.1) is 6.92 Å². The Balaban J connectivity index is 2.21. The lowest BCUT2D eigenvalue weighted by molar-refractivity contribution is 0.549. The highest BCUT2D eigenvalue weighted by molar-refractivity contribution is 9.10. The highest BCUT2D eigenvalue weighted by Crippen LogP contribution is 2.24. The third-order valence-corrected chi connectivity index (χ3v) is 4.09. The van der Waals surface area contributed by atoms with Crippen LogP contribution in [0.15, 0.2) is 53.0 Å². The first kappa shape index (κ1) is 14.3. The molecule has 0 heterocycles. The summed E-state index contributed by atoms with van der Waals surface area (Å²) in [4.78, 5) is 0. The van der Waals surface area contributed by atoms with Crippen molar-refractivity contribution >= 4 is 15.9 Å². The zero-order valence-corrected chi connectivity index (χ0v) is 13.1. The Bertz CT molecular complexity index is 519. The summed E-state index contributed by atoms with van der Waals surface area (Å²) in [7, 11) is 0. The number of likely N-dealkylation sites (N-methyl/N-ethyl adjacent to an activating group) is 1. The molecule has 1 unspecified atom stereocenters. The second-order valence-corrected chi connectivity index (χ2v) is 5.67. The lowest BCUT2D eigenvalue weighted by Gasteiger charge is -2.19. The van der Waals surface area contributed by atoms with Gasteiger partial charge in [0.1, 0.15) is 0 Å². The van der Waals surface area contributed by atoms with Gasteiger partial charge in [0.15, 0.2) is 0 Å². The van der Waals surface area contributed by atoms with Crippen LogP contribution < -0.4 is 5.32 Å². The molecule has 2 heteroatoms. The fraction of sp³-hybridized carbons (Fsp3) is 0.294. The van der Waals surface area contributed by atoms with Crippen molar-refractivity contribution in [1.29, 1.82) is 0 Å². The normalized spacial score (nSPS) is 12.4. The quantitative estimate of drug-likeness (QED) is 0.846. The molecule has 0 saturated heterocycles. The van der Waals surface area contributed by atoms with Gasteiger partial charge in [-0.15, -0.1) is 0 Å². The SMILES string of the molecule is CCNC(Cc1ccccc1Br)c1ccc(C)cc1. The van der Waals surface area contributed by atoms with Crippen LogP contribution in [-0.4, -0.2) is 6.54 Å². The standard InChI is InChI=1S/C17H20BrN/c1-3-19-17(14-10-8-13(2)9-11-14)12-15-6-4-5-7-16(15)18/h4-11,17,19H,3,12H2,1-2H3. The Labute approximate surface area is 124 Å². The summed E-state index contributed by atoms with van der Waals surface area (Å²) in [5.74, 6) is 0. The van der Waals surface area contributed by atoms with E-state index in [2.05, 4.69) is 83.6 Å². The molecule has 0 aliphatic rings. The predicted octanol–water partition coefficient (Wildman–Crippen LogP) is 4.65. The minimum absolute atomic E-state index is 0.365. The van der Waals surface area contributed by atoms with Gasteiger partial charge in [0.05, 0.1) is 0 Å². The highest BCUT2D eigenvalue weighted by Gasteiger charge is 2.12. The molecule has 0 saturated carbocycles. The summed E-state index contributed by atoms with van der Waals surface area (Å²) < 4.78 is 1.19. The van der Waals surface area contributed by atoms with Gasteiger partial charge in [-0.25, -0.2) is 0 Å². The van der Waals surface area contributed by atoms with Crippen LogP contribution in [0.5, 0.6) is 0 Å². The van der Waals surface area contributed by atoms with Gasteiger partial charge in [-0.1, -0.05) is 70.9 Å². The lowest BCUT2D eigenvalue weighted by atomic mass is 9.98. The van der Waals surface area contributed by atoms with Crippen molar-refractivity contribution in [2.24, 2.45) is 0 Å². The van der Waals surface area contributed by atoms with Gasteiger partial charge < -0.3 is 5.32 Å². The Kier molecular flexibility index (Phi) is 5.17. The number of benzene rings is 2. The van der Waals surface area contributed by atoms with Gasteiger partial charge >= 0.3 is 0 Å². The minimum Gasteiger partial charge on any atom is -0.310 e. The van der Waals surface area contributed by atoms with E-state index >= 15 is 0 Å². The van der Waals surface area contributed by atoms with E-state index in [-0.39, 0.29) is 0 Å². The molecule has 2 rings (SSSR count). The third-order valence-electron chi connectivity index (χ3n) is 3.31. The molecule has 19 heavy (non-hydrogen) atoms.